The van der Waals surface area contributed by atoms with E-state index in [2.05, 4.69) is 16.0 Å². The third-order valence-electron chi connectivity index (χ3n) is 5.58. The van der Waals surface area contributed by atoms with Crippen LogP contribution in [0.25, 0.3) is 21.9 Å². The smallest absolute Gasteiger partial charge is 0.409 e. The van der Waals surface area contributed by atoms with Crippen molar-refractivity contribution in [2.24, 2.45) is 0 Å². The average Bonchev–Trinajstić information content (AvgIpc) is 2.83. The van der Waals surface area contributed by atoms with Crippen molar-refractivity contribution in [3.8, 4) is 16.9 Å². The molecule has 7 nitrogen and oxygen atoms in total. The van der Waals surface area contributed by atoms with Crippen molar-refractivity contribution in [1.29, 1.82) is 0 Å². The van der Waals surface area contributed by atoms with Gasteiger partial charge in [-0.1, -0.05) is 30.3 Å². The summed E-state index contributed by atoms with van der Waals surface area (Å²) in [7, 11) is 1.39. The molecule has 1 aliphatic rings. The van der Waals surface area contributed by atoms with Crippen molar-refractivity contribution in [3.63, 3.8) is 0 Å². The van der Waals surface area contributed by atoms with Crippen LogP contribution in [0.3, 0.4) is 0 Å². The van der Waals surface area contributed by atoms with Gasteiger partial charge in [-0.2, -0.15) is 0 Å². The third-order valence-corrected chi connectivity index (χ3v) is 5.58. The fourth-order valence-corrected chi connectivity index (χ4v) is 3.96. The topological polar surface area (TPSA) is 75.1 Å². The van der Waals surface area contributed by atoms with Gasteiger partial charge in [0.15, 0.2) is 0 Å². The van der Waals surface area contributed by atoms with Crippen molar-refractivity contribution in [2.75, 3.05) is 46.4 Å². The number of β-amino-alcohol motifs (C(OH)–C–C–N with tert-alkyl or cyclic N) is 1. The van der Waals surface area contributed by atoms with Crippen LogP contribution in [0.1, 0.15) is 0 Å². The number of carbonyl (C=O) groups excluding carboxylic acids is 1. The predicted octanol–water partition coefficient (Wildman–Crippen LogP) is 3.03. The molecule has 4 rings (SSSR count). The van der Waals surface area contributed by atoms with E-state index >= 15 is 0 Å². The van der Waals surface area contributed by atoms with Gasteiger partial charge in [-0.15, -0.1) is 0 Å². The fraction of sp³-hybridized carbons (Fsp3) is 0.333. The Morgan fingerprint density at radius 3 is 2.45 bits per heavy atom. The second kappa shape index (κ2) is 9.76. The molecule has 31 heavy (non-hydrogen) atoms. The molecule has 7 heteroatoms. The van der Waals surface area contributed by atoms with Crippen molar-refractivity contribution in [3.05, 3.63) is 60.9 Å². The summed E-state index contributed by atoms with van der Waals surface area (Å²) < 4.78 is 10.8. The van der Waals surface area contributed by atoms with E-state index < -0.39 is 6.10 Å². The van der Waals surface area contributed by atoms with Gasteiger partial charge in [0, 0.05) is 50.5 Å². The Morgan fingerprint density at radius 2 is 1.74 bits per heavy atom. The van der Waals surface area contributed by atoms with E-state index in [-0.39, 0.29) is 12.7 Å². The highest BCUT2D eigenvalue weighted by molar-refractivity contribution is 6.00. The number of methoxy groups -OCH3 is 1. The van der Waals surface area contributed by atoms with E-state index in [1.807, 2.05) is 42.5 Å². The molecule has 0 bridgehead atoms. The first-order chi connectivity index (χ1) is 15.2. The second-order valence-electron chi connectivity index (χ2n) is 7.62. The van der Waals surface area contributed by atoms with Crippen molar-refractivity contribution in [2.45, 2.75) is 6.10 Å². The van der Waals surface area contributed by atoms with Crippen molar-refractivity contribution >= 4 is 16.9 Å². The molecule has 0 aliphatic carbocycles. The summed E-state index contributed by atoms with van der Waals surface area (Å²) in [5, 5.41) is 12.6. The van der Waals surface area contributed by atoms with Crippen LogP contribution < -0.4 is 4.74 Å². The molecule has 0 saturated carbocycles. The minimum absolute atomic E-state index is 0.204. The SMILES string of the molecule is COC(=O)N1CCN(CC(O)COc2ccc(-c3ccncc3)c3ccccc23)CC1. The first kappa shape index (κ1) is 21.1. The summed E-state index contributed by atoms with van der Waals surface area (Å²) >= 11 is 0. The number of hydrogen-bond acceptors (Lipinski definition) is 6. The Kier molecular flexibility index (Phi) is 6.64. The Morgan fingerprint density at radius 1 is 1.03 bits per heavy atom. The van der Waals surface area contributed by atoms with Gasteiger partial charge in [0.1, 0.15) is 18.5 Å². The van der Waals surface area contributed by atoms with E-state index in [0.717, 1.165) is 27.6 Å². The Balaban J connectivity index is 1.39. The van der Waals surface area contributed by atoms with Crippen LogP contribution in [0.2, 0.25) is 0 Å². The largest absolute Gasteiger partial charge is 0.490 e. The Hall–Kier alpha value is -3.16. The lowest BCUT2D eigenvalue weighted by Crippen LogP contribution is -2.50. The summed E-state index contributed by atoms with van der Waals surface area (Å²) in [4.78, 5) is 19.5. The molecule has 0 radical (unpaired) electrons. The number of pyridine rings is 1. The van der Waals surface area contributed by atoms with Crippen molar-refractivity contribution in [1.82, 2.24) is 14.8 Å². The maximum Gasteiger partial charge on any atom is 0.409 e. The molecule has 1 unspecified atom stereocenters. The number of aromatic nitrogens is 1. The fourth-order valence-electron chi connectivity index (χ4n) is 3.96. The van der Waals surface area contributed by atoms with E-state index in [9.17, 15) is 9.90 Å². The highest BCUT2D eigenvalue weighted by Gasteiger charge is 2.23. The molecule has 2 heterocycles. The lowest BCUT2D eigenvalue weighted by atomic mass is 9.98. The van der Waals surface area contributed by atoms with Gasteiger partial charge in [-0.25, -0.2) is 4.79 Å². The molecular formula is C24H27N3O4. The molecule has 1 fully saturated rings. The van der Waals surface area contributed by atoms with Gasteiger partial charge >= 0.3 is 6.09 Å². The van der Waals surface area contributed by atoms with E-state index in [4.69, 9.17) is 9.47 Å². The number of hydrogen-bond donors (Lipinski definition) is 1. The van der Waals surface area contributed by atoms with Crippen molar-refractivity contribution < 1.29 is 19.4 Å². The van der Waals surface area contributed by atoms with E-state index in [0.29, 0.717) is 32.7 Å². The number of piperazine rings is 1. The quantitative estimate of drug-likeness (QED) is 0.660. The zero-order valence-electron chi connectivity index (χ0n) is 17.6. The number of amides is 1. The molecule has 1 N–H and O–H groups in total. The van der Waals surface area contributed by atoms with Gasteiger partial charge in [0.2, 0.25) is 0 Å². The van der Waals surface area contributed by atoms with Crippen LogP contribution in [-0.2, 0) is 4.74 Å². The third kappa shape index (κ3) is 4.95. The van der Waals surface area contributed by atoms with Gasteiger partial charge in [-0.05, 0) is 34.7 Å². The molecule has 1 amide bonds. The molecule has 0 spiro atoms. The predicted molar refractivity (Wildman–Crippen MR) is 119 cm³/mol. The van der Waals surface area contributed by atoms with E-state index in [1.165, 1.54) is 7.11 Å². The van der Waals surface area contributed by atoms with Gasteiger partial charge < -0.3 is 19.5 Å². The maximum atomic E-state index is 11.6. The van der Waals surface area contributed by atoms with Gasteiger partial charge in [0.25, 0.3) is 0 Å². The number of carbonyl (C=O) groups is 1. The second-order valence-corrected chi connectivity index (χ2v) is 7.62. The summed E-state index contributed by atoms with van der Waals surface area (Å²) in [6.07, 6.45) is 2.65. The molecule has 1 atom stereocenters. The molecule has 1 saturated heterocycles. The lowest BCUT2D eigenvalue weighted by molar-refractivity contribution is 0.0438. The number of benzene rings is 2. The summed E-state index contributed by atoms with van der Waals surface area (Å²) in [6, 6.07) is 16.1. The minimum Gasteiger partial charge on any atom is -0.490 e. The molecule has 162 valence electrons. The molecule has 1 aliphatic heterocycles. The highest BCUT2D eigenvalue weighted by atomic mass is 16.5. The summed E-state index contributed by atoms with van der Waals surface area (Å²) in [5.41, 5.74) is 2.22. The molecule has 3 aromatic rings. The molecular weight excluding hydrogens is 394 g/mol. The minimum atomic E-state index is -0.622. The van der Waals surface area contributed by atoms with Crippen LogP contribution in [0, 0.1) is 0 Å². The first-order valence-corrected chi connectivity index (χ1v) is 10.4. The van der Waals surface area contributed by atoms with Crippen LogP contribution in [0.4, 0.5) is 4.79 Å². The van der Waals surface area contributed by atoms with Gasteiger partial charge in [-0.3, -0.25) is 9.88 Å². The number of ether oxygens (including phenoxy) is 2. The monoisotopic (exact) mass is 421 g/mol. The zero-order valence-corrected chi connectivity index (χ0v) is 17.6. The van der Waals surface area contributed by atoms with Crippen LogP contribution in [0.5, 0.6) is 5.75 Å². The highest BCUT2D eigenvalue weighted by Crippen LogP contribution is 2.34. The number of rotatable bonds is 6. The average molecular weight is 421 g/mol. The van der Waals surface area contributed by atoms with Crippen LogP contribution in [0.15, 0.2) is 60.9 Å². The lowest BCUT2D eigenvalue weighted by Gasteiger charge is -2.34. The number of aliphatic hydroxyl groups excluding tert-OH is 1. The number of fused-ring (bicyclic) bond motifs is 1. The molecule has 1 aromatic heterocycles. The van der Waals surface area contributed by atoms with Crippen LogP contribution >= 0.6 is 0 Å². The Labute approximate surface area is 181 Å². The maximum absolute atomic E-state index is 11.6. The summed E-state index contributed by atoms with van der Waals surface area (Å²) in [5.74, 6) is 0.753. The Bertz CT molecular complexity index is 1020. The van der Waals surface area contributed by atoms with E-state index in [1.54, 1.807) is 17.3 Å². The number of aliphatic hydroxyl groups is 1. The normalized spacial score (nSPS) is 15.6. The summed E-state index contributed by atoms with van der Waals surface area (Å²) in [6.45, 7) is 3.31. The van der Waals surface area contributed by atoms with Gasteiger partial charge in [0.05, 0.1) is 7.11 Å². The number of nitrogens with zero attached hydrogens (tertiary/aromatic N) is 3. The zero-order chi connectivity index (χ0) is 21.6. The van der Waals surface area contributed by atoms with Crippen LogP contribution in [-0.4, -0.2) is 78.5 Å². The first-order valence-electron chi connectivity index (χ1n) is 10.4. The molecule has 2 aromatic carbocycles. The standard InChI is InChI=1S/C24H27N3O4/c1-30-24(29)27-14-12-26(13-15-27)16-19(28)17-31-23-7-6-20(18-8-10-25-11-9-18)21-4-2-3-5-22(21)23/h2-11,19,28H,12-17H2,1H3.